The minimum absolute atomic E-state index is 0.122. The highest BCUT2D eigenvalue weighted by atomic mass is 32.2. The first-order valence-corrected chi connectivity index (χ1v) is 10.1. The van der Waals surface area contributed by atoms with Crippen LogP contribution in [0.1, 0.15) is 49.5 Å². The van der Waals surface area contributed by atoms with Gasteiger partial charge >= 0.3 is 0 Å². The van der Waals surface area contributed by atoms with Gasteiger partial charge in [0.05, 0.1) is 4.90 Å². The van der Waals surface area contributed by atoms with E-state index in [0.29, 0.717) is 4.90 Å². The molecule has 2 aromatic carbocycles. The zero-order valence-electron chi connectivity index (χ0n) is 15.7. The van der Waals surface area contributed by atoms with Crippen molar-refractivity contribution in [2.45, 2.75) is 44.2 Å². The predicted molar refractivity (Wildman–Crippen MR) is 103 cm³/mol. The summed E-state index contributed by atoms with van der Waals surface area (Å²) in [6, 6.07) is 16.1. The summed E-state index contributed by atoms with van der Waals surface area (Å²) >= 11 is 0. The second-order valence-corrected chi connectivity index (χ2v) is 8.71. The van der Waals surface area contributed by atoms with Crippen molar-refractivity contribution < 1.29 is 8.42 Å². The summed E-state index contributed by atoms with van der Waals surface area (Å²) in [5.41, 5.74) is 3.65. The van der Waals surface area contributed by atoms with Crippen molar-refractivity contribution in [1.29, 1.82) is 0 Å². The fraction of sp³-hybridized carbons (Fsp3) is 0.400. The van der Waals surface area contributed by atoms with Crippen molar-refractivity contribution >= 4 is 10.0 Å². The minimum atomic E-state index is -3.38. The summed E-state index contributed by atoms with van der Waals surface area (Å²) < 4.78 is 25.5. The molecule has 2 aromatic rings. The highest BCUT2D eigenvalue weighted by Gasteiger charge is 2.18. The van der Waals surface area contributed by atoms with E-state index in [-0.39, 0.29) is 12.1 Å². The van der Waals surface area contributed by atoms with Crippen molar-refractivity contribution in [2.24, 2.45) is 0 Å². The molecule has 0 aromatic heterocycles. The molecule has 2 atom stereocenters. The van der Waals surface area contributed by atoms with Crippen LogP contribution in [0.4, 0.5) is 0 Å². The molecule has 0 fully saturated rings. The van der Waals surface area contributed by atoms with Gasteiger partial charge in [0.25, 0.3) is 0 Å². The van der Waals surface area contributed by atoms with E-state index in [0.717, 1.165) is 12.0 Å². The number of sulfonamides is 1. The summed E-state index contributed by atoms with van der Waals surface area (Å²) in [4.78, 5) is 0.316. The Morgan fingerprint density at radius 1 is 0.880 bits per heavy atom. The van der Waals surface area contributed by atoms with Gasteiger partial charge in [-0.05, 0) is 49.1 Å². The number of benzene rings is 2. The summed E-state index contributed by atoms with van der Waals surface area (Å²) in [5, 5.41) is 3.57. The van der Waals surface area contributed by atoms with E-state index in [4.69, 9.17) is 0 Å². The van der Waals surface area contributed by atoms with E-state index in [2.05, 4.69) is 50.4 Å². The smallest absolute Gasteiger partial charge is 0.242 e. The fourth-order valence-electron chi connectivity index (χ4n) is 2.75. The lowest BCUT2D eigenvalue weighted by Crippen LogP contribution is -2.23. The van der Waals surface area contributed by atoms with Crippen molar-refractivity contribution in [3.63, 3.8) is 0 Å². The third-order valence-electron chi connectivity index (χ3n) is 4.55. The maximum absolute atomic E-state index is 12.1. The van der Waals surface area contributed by atoms with Crippen LogP contribution in [-0.2, 0) is 16.4 Å². The molecule has 4 nitrogen and oxygen atoms in total. The highest BCUT2D eigenvalue weighted by molar-refractivity contribution is 7.89. The molecule has 0 radical (unpaired) electrons. The molecule has 5 heteroatoms. The van der Waals surface area contributed by atoms with E-state index in [1.54, 1.807) is 26.2 Å². The molecule has 0 unspecified atom stereocenters. The molecule has 0 aliphatic rings. The van der Waals surface area contributed by atoms with Gasteiger partial charge in [-0.25, -0.2) is 12.7 Å². The second-order valence-electron chi connectivity index (χ2n) is 6.56. The number of aryl methyl sites for hydroxylation is 1. The Morgan fingerprint density at radius 2 is 1.32 bits per heavy atom. The van der Waals surface area contributed by atoms with Gasteiger partial charge in [-0.2, -0.15) is 0 Å². The van der Waals surface area contributed by atoms with Crippen LogP contribution in [0.2, 0.25) is 0 Å². The second kappa shape index (κ2) is 8.13. The first-order chi connectivity index (χ1) is 11.8. The topological polar surface area (TPSA) is 49.4 Å². The Balaban J connectivity index is 2.08. The van der Waals surface area contributed by atoms with Crippen LogP contribution >= 0.6 is 0 Å². The van der Waals surface area contributed by atoms with Gasteiger partial charge in [-0.3, -0.25) is 0 Å². The largest absolute Gasteiger partial charge is 0.304 e. The lowest BCUT2D eigenvalue weighted by atomic mass is 10.0. The summed E-state index contributed by atoms with van der Waals surface area (Å²) in [6.45, 7) is 6.38. The molecule has 0 spiro atoms. The Hall–Kier alpha value is -1.69. The van der Waals surface area contributed by atoms with E-state index >= 15 is 0 Å². The van der Waals surface area contributed by atoms with E-state index in [1.165, 1.54) is 15.4 Å². The number of rotatable bonds is 7. The zero-order chi connectivity index (χ0) is 18.6. The van der Waals surface area contributed by atoms with Gasteiger partial charge in [0, 0.05) is 26.2 Å². The number of hydrogen-bond donors (Lipinski definition) is 1. The Labute approximate surface area is 151 Å². The lowest BCUT2D eigenvalue weighted by molar-refractivity contribution is 0.494. The molecule has 136 valence electrons. The summed E-state index contributed by atoms with van der Waals surface area (Å²) in [5.74, 6) is 0. The number of nitrogens with one attached hydrogen (secondary N) is 1. The van der Waals surface area contributed by atoms with Gasteiger partial charge in [0.15, 0.2) is 0 Å². The van der Waals surface area contributed by atoms with Crippen molar-refractivity contribution in [3.05, 3.63) is 65.2 Å². The molecular formula is C20H28N2O2S. The third kappa shape index (κ3) is 4.69. The van der Waals surface area contributed by atoms with E-state index in [1.807, 2.05) is 12.1 Å². The molecule has 0 bridgehead atoms. The van der Waals surface area contributed by atoms with Crippen molar-refractivity contribution in [3.8, 4) is 0 Å². The van der Waals surface area contributed by atoms with Gasteiger partial charge in [0.2, 0.25) is 10.0 Å². The minimum Gasteiger partial charge on any atom is -0.304 e. The standard InChI is InChI=1S/C20H28N2O2S/c1-6-17-7-9-18(10-8-17)15(2)21-16(3)19-11-13-20(14-12-19)25(23,24)22(4)5/h7-16,21H,6H2,1-5H3/t15-,16+/m1/s1. The SMILES string of the molecule is CCc1ccc([C@@H](C)N[C@@H](C)c2ccc(S(=O)(=O)N(C)C)cc2)cc1. The Bertz CT molecular complexity index is 781. The normalized spacial score (nSPS) is 14.5. The Kier molecular flexibility index (Phi) is 6.38. The van der Waals surface area contributed by atoms with Gasteiger partial charge in [-0.15, -0.1) is 0 Å². The molecule has 0 aliphatic heterocycles. The van der Waals surface area contributed by atoms with Crippen molar-refractivity contribution in [1.82, 2.24) is 9.62 Å². The fourth-order valence-corrected chi connectivity index (χ4v) is 3.65. The van der Waals surface area contributed by atoms with Crippen LogP contribution in [0.15, 0.2) is 53.4 Å². The van der Waals surface area contributed by atoms with Crippen LogP contribution in [0, 0.1) is 0 Å². The quantitative estimate of drug-likeness (QED) is 0.814. The average molecular weight is 361 g/mol. The predicted octanol–water partition coefficient (Wildman–Crippen LogP) is 3.91. The van der Waals surface area contributed by atoms with Crippen molar-refractivity contribution in [2.75, 3.05) is 14.1 Å². The first kappa shape index (κ1) is 19.6. The number of nitrogens with zero attached hydrogens (tertiary/aromatic N) is 1. The third-order valence-corrected chi connectivity index (χ3v) is 6.38. The highest BCUT2D eigenvalue weighted by Crippen LogP contribution is 2.22. The van der Waals surface area contributed by atoms with Gasteiger partial charge in [0.1, 0.15) is 0 Å². The van der Waals surface area contributed by atoms with Crippen LogP contribution in [0.5, 0.6) is 0 Å². The van der Waals surface area contributed by atoms with Gasteiger partial charge < -0.3 is 5.32 Å². The van der Waals surface area contributed by atoms with E-state index < -0.39 is 10.0 Å². The average Bonchev–Trinajstić information content (AvgIpc) is 2.61. The molecule has 0 amide bonds. The molecule has 2 rings (SSSR count). The summed E-state index contributed by atoms with van der Waals surface area (Å²) in [6.07, 6.45) is 1.04. The molecule has 0 heterocycles. The molecule has 1 N–H and O–H groups in total. The van der Waals surface area contributed by atoms with Crippen LogP contribution in [0.3, 0.4) is 0 Å². The molecule has 0 aliphatic carbocycles. The van der Waals surface area contributed by atoms with E-state index in [9.17, 15) is 8.42 Å². The molecular weight excluding hydrogens is 332 g/mol. The first-order valence-electron chi connectivity index (χ1n) is 8.63. The lowest BCUT2D eigenvalue weighted by Gasteiger charge is -2.21. The maximum atomic E-state index is 12.1. The van der Waals surface area contributed by atoms with Gasteiger partial charge in [-0.1, -0.05) is 43.3 Å². The van der Waals surface area contributed by atoms with Crippen LogP contribution < -0.4 is 5.32 Å². The molecule has 0 saturated carbocycles. The monoisotopic (exact) mass is 360 g/mol. The zero-order valence-corrected chi connectivity index (χ0v) is 16.5. The Morgan fingerprint density at radius 3 is 1.72 bits per heavy atom. The maximum Gasteiger partial charge on any atom is 0.242 e. The molecule has 25 heavy (non-hydrogen) atoms. The molecule has 0 saturated heterocycles. The van der Waals surface area contributed by atoms with Crippen LogP contribution in [0.25, 0.3) is 0 Å². The number of hydrogen-bond acceptors (Lipinski definition) is 3. The summed E-state index contributed by atoms with van der Waals surface area (Å²) in [7, 11) is -0.298. The van der Waals surface area contributed by atoms with Crippen LogP contribution in [-0.4, -0.2) is 26.8 Å².